The molecule has 4 heteroatoms. The fourth-order valence-corrected chi connectivity index (χ4v) is 2.61. The lowest BCUT2D eigenvalue weighted by molar-refractivity contribution is 0.0991. The van der Waals surface area contributed by atoms with Gasteiger partial charge in [-0.25, -0.2) is 0 Å². The van der Waals surface area contributed by atoms with Gasteiger partial charge >= 0.3 is 0 Å². The standard InChI is InChI=1S/C13H11BrO2S/c1-16-13-7-9(14)4-5-11(13)12(15)8-10-3-2-6-17-10/h2-7H,8H2,1H3. The molecule has 88 valence electrons. The molecule has 0 saturated carbocycles. The first-order chi connectivity index (χ1) is 8.20. The first-order valence-corrected chi connectivity index (χ1v) is 6.77. The average molecular weight is 311 g/mol. The molecule has 0 N–H and O–H groups in total. The maximum Gasteiger partial charge on any atom is 0.171 e. The lowest BCUT2D eigenvalue weighted by Crippen LogP contribution is -2.04. The molecule has 1 aromatic heterocycles. The Morgan fingerprint density at radius 1 is 1.41 bits per heavy atom. The number of ether oxygens (including phenoxy) is 1. The number of hydrogen-bond donors (Lipinski definition) is 0. The van der Waals surface area contributed by atoms with Gasteiger partial charge in [-0.15, -0.1) is 11.3 Å². The Kier molecular flexibility index (Phi) is 3.97. The summed E-state index contributed by atoms with van der Waals surface area (Å²) < 4.78 is 6.12. The van der Waals surface area contributed by atoms with E-state index in [1.54, 1.807) is 24.5 Å². The summed E-state index contributed by atoms with van der Waals surface area (Å²) in [6, 6.07) is 9.37. The number of carbonyl (C=O) groups is 1. The van der Waals surface area contributed by atoms with Crippen molar-refractivity contribution in [2.75, 3.05) is 7.11 Å². The number of benzene rings is 1. The third kappa shape index (κ3) is 2.96. The van der Waals surface area contributed by atoms with Crippen LogP contribution in [0.4, 0.5) is 0 Å². The largest absolute Gasteiger partial charge is 0.496 e. The predicted molar refractivity (Wildman–Crippen MR) is 73.0 cm³/mol. The van der Waals surface area contributed by atoms with Crippen molar-refractivity contribution in [3.05, 3.63) is 50.6 Å². The highest BCUT2D eigenvalue weighted by Gasteiger charge is 2.13. The summed E-state index contributed by atoms with van der Waals surface area (Å²) in [5.74, 6) is 0.692. The number of thiophene rings is 1. The molecule has 0 unspecified atom stereocenters. The fraction of sp³-hybridized carbons (Fsp3) is 0.154. The van der Waals surface area contributed by atoms with Crippen molar-refractivity contribution < 1.29 is 9.53 Å². The van der Waals surface area contributed by atoms with Crippen LogP contribution in [0.5, 0.6) is 5.75 Å². The molecule has 2 aromatic rings. The summed E-state index contributed by atoms with van der Waals surface area (Å²) in [6.45, 7) is 0. The molecule has 0 radical (unpaired) electrons. The van der Waals surface area contributed by atoms with Crippen molar-refractivity contribution in [1.82, 2.24) is 0 Å². The summed E-state index contributed by atoms with van der Waals surface area (Å²) in [5, 5.41) is 1.97. The number of ketones is 1. The Balaban J connectivity index is 2.24. The molecular formula is C13H11BrO2S. The minimum Gasteiger partial charge on any atom is -0.496 e. The fourth-order valence-electron chi connectivity index (χ4n) is 1.56. The van der Waals surface area contributed by atoms with E-state index in [1.807, 2.05) is 29.6 Å². The number of halogens is 1. The molecule has 0 amide bonds. The molecule has 1 heterocycles. The van der Waals surface area contributed by atoms with Crippen LogP contribution in [0, 0.1) is 0 Å². The summed E-state index contributed by atoms with van der Waals surface area (Å²) in [7, 11) is 1.57. The molecule has 0 spiro atoms. The molecular weight excluding hydrogens is 300 g/mol. The van der Waals surface area contributed by atoms with Crippen LogP contribution >= 0.6 is 27.3 Å². The Morgan fingerprint density at radius 3 is 2.88 bits per heavy atom. The van der Waals surface area contributed by atoms with E-state index in [1.165, 1.54) is 0 Å². The smallest absolute Gasteiger partial charge is 0.171 e. The third-order valence-electron chi connectivity index (χ3n) is 2.38. The van der Waals surface area contributed by atoms with Gasteiger partial charge in [-0.2, -0.15) is 0 Å². The Hall–Kier alpha value is -1.13. The minimum absolute atomic E-state index is 0.0804. The van der Waals surface area contributed by atoms with Crippen molar-refractivity contribution in [2.45, 2.75) is 6.42 Å². The monoisotopic (exact) mass is 310 g/mol. The normalized spacial score (nSPS) is 10.2. The average Bonchev–Trinajstić information content (AvgIpc) is 2.81. The zero-order valence-corrected chi connectivity index (χ0v) is 11.7. The van der Waals surface area contributed by atoms with Crippen LogP contribution in [0.3, 0.4) is 0 Å². The summed E-state index contributed by atoms with van der Waals surface area (Å²) >= 11 is 4.95. The van der Waals surface area contributed by atoms with Crippen molar-refractivity contribution in [1.29, 1.82) is 0 Å². The zero-order valence-electron chi connectivity index (χ0n) is 9.27. The predicted octanol–water partition coefficient (Wildman–Crippen LogP) is 3.94. The molecule has 0 aliphatic carbocycles. The molecule has 0 aliphatic rings. The molecule has 0 bridgehead atoms. The van der Waals surface area contributed by atoms with Crippen LogP contribution in [0.1, 0.15) is 15.2 Å². The number of methoxy groups -OCH3 is 1. The van der Waals surface area contributed by atoms with Crippen LogP contribution in [0.15, 0.2) is 40.2 Å². The van der Waals surface area contributed by atoms with E-state index < -0.39 is 0 Å². The minimum atomic E-state index is 0.0804. The van der Waals surface area contributed by atoms with Crippen LogP contribution in [0.2, 0.25) is 0 Å². The summed E-state index contributed by atoms with van der Waals surface area (Å²) in [6.07, 6.45) is 0.426. The lowest BCUT2D eigenvalue weighted by atomic mass is 10.1. The Labute approximate surface area is 112 Å². The van der Waals surface area contributed by atoms with E-state index in [-0.39, 0.29) is 5.78 Å². The van der Waals surface area contributed by atoms with Crippen LogP contribution in [-0.2, 0) is 6.42 Å². The topological polar surface area (TPSA) is 26.3 Å². The van der Waals surface area contributed by atoms with Gasteiger partial charge in [-0.1, -0.05) is 22.0 Å². The second-order valence-electron chi connectivity index (χ2n) is 3.52. The molecule has 0 fully saturated rings. The van der Waals surface area contributed by atoms with E-state index in [2.05, 4.69) is 15.9 Å². The molecule has 0 saturated heterocycles. The highest BCUT2D eigenvalue weighted by Crippen LogP contribution is 2.25. The van der Waals surface area contributed by atoms with Crippen LogP contribution in [0.25, 0.3) is 0 Å². The van der Waals surface area contributed by atoms with Gasteiger partial charge in [0.1, 0.15) is 5.75 Å². The molecule has 0 aliphatic heterocycles. The molecule has 2 rings (SSSR count). The van der Waals surface area contributed by atoms with Crippen molar-refractivity contribution in [2.24, 2.45) is 0 Å². The third-order valence-corrected chi connectivity index (χ3v) is 3.75. The first kappa shape index (κ1) is 12.3. The second kappa shape index (κ2) is 5.47. The highest BCUT2D eigenvalue weighted by molar-refractivity contribution is 9.10. The van der Waals surface area contributed by atoms with E-state index in [0.717, 1.165) is 9.35 Å². The number of rotatable bonds is 4. The van der Waals surface area contributed by atoms with E-state index >= 15 is 0 Å². The van der Waals surface area contributed by atoms with Crippen molar-refractivity contribution in [3.8, 4) is 5.75 Å². The van der Waals surface area contributed by atoms with Gasteiger partial charge in [0, 0.05) is 15.8 Å². The lowest BCUT2D eigenvalue weighted by Gasteiger charge is -2.07. The quantitative estimate of drug-likeness (QED) is 0.799. The zero-order chi connectivity index (χ0) is 12.3. The molecule has 2 nitrogen and oxygen atoms in total. The van der Waals surface area contributed by atoms with Crippen LogP contribution in [-0.4, -0.2) is 12.9 Å². The number of hydrogen-bond acceptors (Lipinski definition) is 3. The van der Waals surface area contributed by atoms with E-state index in [0.29, 0.717) is 17.7 Å². The van der Waals surface area contributed by atoms with Gasteiger partial charge in [0.25, 0.3) is 0 Å². The van der Waals surface area contributed by atoms with Gasteiger partial charge in [0.05, 0.1) is 12.7 Å². The highest BCUT2D eigenvalue weighted by atomic mass is 79.9. The maximum absolute atomic E-state index is 12.1. The van der Waals surface area contributed by atoms with Gasteiger partial charge in [-0.05, 0) is 29.6 Å². The van der Waals surface area contributed by atoms with Gasteiger partial charge in [0.2, 0.25) is 0 Å². The Morgan fingerprint density at radius 2 is 2.24 bits per heavy atom. The van der Waals surface area contributed by atoms with Gasteiger partial charge in [0.15, 0.2) is 5.78 Å². The first-order valence-electron chi connectivity index (χ1n) is 5.10. The maximum atomic E-state index is 12.1. The second-order valence-corrected chi connectivity index (χ2v) is 5.47. The number of Topliss-reactive ketones (excluding diaryl/α,β-unsaturated/α-hetero) is 1. The summed E-state index contributed by atoms with van der Waals surface area (Å²) in [5.41, 5.74) is 0.629. The van der Waals surface area contributed by atoms with E-state index in [4.69, 9.17) is 4.74 Å². The van der Waals surface area contributed by atoms with Crippen molar-refractivity contribution >= 4 is 33.0 Å². The van der Waals surface area contributed by atoms with Crippen molar-refractivity contribution in [3.63, 3.8) is 0 Å². The van der Waals surface area contributed by atoms with Gasteiger partial charge in [-0.3, -0.25) is 4.79 Å². The summed E-state index contributed by atoms with van der Waals surface area (Å²) in [4.78, 5) is 13.2. The van der Waals surface area contributed by atoms with E-state index in [9.17, 15) is 4.79 Å². The Bertz CT molecular complexity index is 520. The molecule has 1 aromatic carbocycles. The number of carbonyl (C=O) groups excluding carboxylic acids is 1. The van der Waals surface area contributed by atoms with Crippen LogP contribution < -0.4 is 4.74 Å². The SMILES string of the molecule is COc1cc(Br)ccc1C(=O)Cc1cccs1. The molecule has 17 heavy (non-hydrogen) atoms. The van der Waals surface area contributed by atoms with Gasteiger partial charge < -0.3 is 4.74 Å². The molecule has 0 atom stereocenters.